The Bertz CT molecular complexity index is 1500. The van der Waals surface area contributed by atoms with Gasteiger partial charge in [0.15, 0.2) is 0 Å². The van der Waals surface area contributed by atoms with Crippen LogP contribution >= 0.6 is 24.2 Å². The fourth-order valence-corrected chi connectivity index (χ4v) is 6.86. The van der Waals surface area contributed by atoms with Crippen molar-refractivity contribution in [2.75, 3.05) is 24.7 Å². The monoisotopic (exact) mass is 705 g/mol. The van der Waals surface area contributed by atoms with Crippen LogP contribution in [0.25, 0.3) is 0 Å². The van der Waals surface area contributed by atoms with Crippen LogP contribution in [0.15, 0.2) is 35.9 Å². The van der Waals surface area contributed by atoms with Crippen LogP contribution in [0, 0.1) is 18.8 Å². The van der Waals surface area contributed by atoms with Gasteiger partial charge in [0, 0.05) is 38.8 Å². The van der Waals surface area contributed by atoms with Gasteiger partial charge in [-0.25, -0.2) is 9.59 Å². The van der Waals surface area contributed by atoms with Gasteiger partial charge in [-0.2, -0.15) is 12.6 Å². The van der Waals surface area contributed by atoms with E-state index in [0.717, 1.165) is 16.7 Å². The molecule has 0 saturated carbocycles. The van der Waals surface area contributed by atoms with E-state index >= 15 is 0 Å². The zero-order chi connectivity index (χ0) is 35.7. The van der Waals surface area contributed by atoms with E-state index in [1.807, 2.05) is 58.1 Å². The summed E-state index contributed by atoms with van der Waals surface area (Å²) in [5.74, 6) is -1.94. The third kappa shape index (κ3) is 8.04. The Morgan fingerprint density at radius 3 is 2.62 bits per heavy atom. The number of hydrogen-bond acceptors (Lipinski definition) is 9. The maximum absolute atomic E-state index is 14.0. The van der Waals surface area contributed by atoms with E-state index in [1.54, 1.807) is 20.9 Å². The number of amides is 3. The van der Waals surface area contributed by atoms with Crippen molar-refractivity contribution in [3.63, 3.8) is 0 Å². The van der Waals surface area contributed by atoms with E-state index in [2.05, 4.69) is 17.9 Å². The number of likely N-dealkylation sites (N-methyl/N-ethyl adjacent to an activating group) is 1. The number of hydrogen-bond donors (Lipinski definition) is 3. The van der Waals surface area contributed by atoms with E-state index in [1.165, 1.54) is 16.8 Å². The molecule has 8 atom stereocenters. The molecule has 3 aliphatic heterocycles. The van der Waals surface area contributed by atoms with Crippen molar-refractivity contribution in [1.29, 1.82) is 0 Å². The van der Waals surface area contributed by atoms with Crippen LogP contribution in [-0.2, 0) is 35.0 Å². The standard InChI is InChI=1S/C35H48ClN3O8S/c1-19-10-9-11-21(3)35(44)18-26(45-33(43)37-35)22(4)31-34(6,47-31)27(46-32(42)23(5)38(7)28(40)12-13-48)17-29(41)39(8)25-16-24(14-19)15-20(2)30(25)36/h9-11,15-16,21-23,26-27,31,44,48H,12-14,17-18H2,1-8H3,(H,37,43)/b11-9+,19-10+/t21?,22?,23-,26?,27?,31?,34?,35?/m0/s1. The Kier molecular flexibility index (Phi) is 11.7. The van der Waals surface area contributed by atoms with Gasteiger partial charge in [0.25, 0.3) is 0 Å². The number of epoxide rings is 1. The fraction of sp³-hybridized carbons (Fsp3) is 0.600. The number of aliphatic hydroxyl groups is 1. The molecule has 0 aliphatic carbocycles. The molecule has 11 nitrogen and oxygen atoms in total. The number of halogens is 1. The van der Waals surface area contributed by atoms with Gasteiger partial charge in [0.1, 0.15) is 29.6 Å². The number of allylic oxidation sites excluding steroid dienone is 3. The number of rotatable bonds is 5. The number of esters is 1. The van der Waals surface area contributed by atoms with Crippen molar-refractivity contribution in [2.24, 2.45) is 11.8 Å². The van der Waals surface area contributed by atoms with E-state index in [-0.39, 0.29) is 31.1 Å². The summed E-state index contributed by atoms with van der Waals surface area (Å²) < 4.78 is 17.9. The first-order valence-corrected chi connectivity index (χ1v) is 17.3. The molecule has 3 heterocycles. The average Bonchev–Trinajstić information content (AvgIpc) is 3.72. The number of alkyl carbamates (subject to hydrolysis) is 1. The summed E-state index contributed by atoms with van der Waals surface area (Å²) in [5, 5.41) is 14.6. The number of fused-ring (bicyclic) bond motifs is 5. The van der Waals surface area contributed by atoms with E-state index < -0.39 is 59.6 Å². The summed E-state index contributed by atoms with van der Waals surface area (Å²) in [7, 11) is 3.14. The number of anilines is 1. The van der Waals surface area contributed by atoms with Gasteiger partial charge in [-0.1, -0.05) is 55.3 Å². The van der Waals surface area contributed by atoms with Gasteiger partial charge in [0.05, 0.1) is 23.2 Å². The first-order chi connectivity index (χ1) is 22.4. The summed E-state index contributed by atoms with van der Waals surface area (Å²) >= 11 is 10.9. The predicted octanol–water partition coefficient (Wildman–Crippen LogP) is 4.76. The molecule has 3 amide bonds. The van der Waals surface area contributed by atoms with Gasteiger partial charge in [-0.05, 0) is 57.1 Å². The van der Waals surface area contributed by atoms with Crippen LogP contribution in [0.5, 0.6) is 0 Å². The maximum atomic E-state index is 14.0. The third-order valence-corrected chi connectivity index (χ3v) is 10.7. The van der Waals surface area contributed by atoms with E-state index in [4.69, 9.17) is 25.8 Å². The van der Waals surface area contributed by atoms with Crippen molar-refractivity contribution in [2.45, 2.75) is 103 Å². The van der Waals surface area contributed by atoms with Crippen molar-refractivity contribution >= 4 is 53.8 Å². The second-order valence-corrected chi connectivity index (χ2v) is 14.4. The minimum Gasteiger partial charge on any atom is -0.457 e. The minimum absolute atomic E-state index is 0.0782. The van der Waals surface area contributed by atoms with Crippen LogP contribution in [-0.4, -0.2) is 89.4 Å². The number of nitrogens with one attached hydrogen (secondary N) is 1. The number of carbonyl (C=O) groups is 4. The highest BCUT2D eigenvalue weighted by Crippen LogP contribution is 2.49. The fourth-order valence-electron chi connectivity index (χ4n) is 6.43. The van der Waals surface area contributed by atoms with Crippen molar-refractivity contribution < 1.29 is 38.5 Å². The van der Waals surface area contributed by atoms with Crippen LogP contribution < -0.4 is 10.2 Å². The quantitative estimate of drug-likeness (QED) is 0.227. The largest absolute Gasteiger partial charge is 0.457 e. The number of thiol groups is 1. The molecular formula is C35H48ClN3O8S. The molecule has 1 aromatic rings. The van der Waals surface area contributed by atoms with Gasteiger partial charge < -0.3 is 29.1 Å². The Hall–Kier alpha value is -3.06. The SMILES string of the molecule is C/C1=C\C=C\C(C)C2(O)CC(OC(=O)N2)C(C)C2OC2(C)C(OC(=O)[C@H](C)N(C)C(=O)CCS)CC(=O)N(C)c2cc(cc(C)c2Cl)C1. The molecule has 1 aromatic carbocycles. The van der Waals surface area contributed by atoms with Crippen molar-refractivity contribution in [3.8, 4) is 0 Å². The summed E-state index contributed by atoms with van der Waals surface area (Å²) in [6.45, 7) is 10.8. The third-order valence-electron chi connectivity index (χ3n) is 9.99. The highest BCUT2D eigenvalue weighted by atomic mass is 35.5. The highest BCUT2D eigenvalue weighted by molar-refractivity contribution is 7.80. The minimum atomic E-state index is -1.59. The molecule has 0 aromatic heterocycles. The average molecular weight is 706 g/mol. The Labute approximate surface area is 293 Å². The van der Waals surface area contributed by atoms with Crippen LogP contribution in [0.2, 0.25) is 5.02 Å². The zero-order valence-corrected chi connectivity index (χ0v) is 30.6. The number of nitrogens with zero attached hydrogens (tertiary/aromatic N) is 2. The second-order valence-electron chi connectivity index (χ2n) is 13.6. The molecule has 4 bridgehead atoms. The molecule has 48 heavy (non-hydrogen) atoms. The molecule has 264 valence electrons. The molecule has 2 N–H and O–H groups in total. The lowest BCUT2D eigenvalue weighted by atomic mass is 9.82. The molecule has 0 radical (unpaired) electrons. The van der Waals surface area contributed by atoms with Gasteiger partial charge in [-0.3, -0.25) is 14.9 Å². The Morgan fingerprint density at radius 1 is 1.27 bits per heavy atom. The summed E-state index contributed by atoms with van der Waals surface area (Å²) in [6.07, 6.45) is 3.02. The second kappa shape index (κ2) is 14.8. The molecule has 2 saturated heterocycles. The molecule has 0 spiro atoms. The first kappa shape index (κ1) is 37.8. The summed E-state index contributed by atoms with van der Waals surface area (Å²) in [6, 6.07) is 2.90. The van der Waals surface area contributed by atoms with Crippen LogP contribution in [0.4, 0.5) is 10.5 Å². The smallest absolute Gasteiger partial charge is 0.409 e. The molecule has 2 fully saturated rings. The normalized spacial score (nSPS) is 33.3. The van der Waals surface area contributed by atoms with E-state index in [0.29, 0.717) is 22.9 Å². The maximum Gasteiger partial charge on any atom is 0.409 e. The predicted molar refractivity (Wildman–Crippen MR) is 186 cm³/mol. The number of aryl methyl sites for hydroxylation is 1. The molecular weight excluding hydrogens is 658 g/mol. The molecule has 4 rings (SSSR count). The molecule has 3 aliphatic rings. The zero-order valence-electron chi connectivity index (χ0n) is 28.9. The lowest BCUT2D eigenvalue weighted by Crippen LogP contribution is -2.60. The van der Waals surface area contributed by atoms with Gasteiger partial charge >= 0.3 is 12.1 Å². The molecule has 7 unspecified atom stereocenters. The van der Waals surface area contributed by atoms with Crippen LogP contribution in [0.1, 0.15) is 65.0 Å². The lowest BCUT2D eigenvalue weighted by molar-refractivity contribution is -0.161. The van der Waals surface area contributed by atoms with Gasteiger partial charge in [-0.15, -0.1) is 0 Å². The Balaban J connectivity index is 1.75. The number of ether oxygens (including phenoxy) is 3. The van der Waals surface area contributed by atoms with Crippen LogP contribution in [0.3, 0.4) is 0 Å². The first-order valence-electron chi connectivity index (χ1n) is 16.3. The Morgan fingerprint density at radius 2 is 1.96 bits per heavy atom. The van der Waals surface area contributed by atoms with Gasteiger partial charge in [0.2, 0.25) is 11.8 Å². The topological polar surface area (TPSA) is 138 Å². The summed E-state index contributed by atoms with van der Waals surface area (Å²) in [5.41, 5.74) is 0.543. The summed E-state index contributed by atoms with van der Waals surface area (Å²) in [4.78, 5) is 55.5. The number of benzene rings is 1. The number of carbonyl (C=O) groups excluding carboxylic acids is 4. The molecule has 13 heteroatoms. The van der Waals surface area contributed by atoms with E-state index in [9.17, 15) is 24.3 Å². The lowest BCUT2D eigenvalue weighted by Gasteiger charge is -2.41. The highest BCUT2D eigenvalue weighted by Gasteiger charge is 2.64. The van der Waals surface area contributed by atoms with Crippen molar-refractivity contribution in [3.05, 3.63) is 52.1 Å². The van der Waals surface area contributed by atoms with Crippen molar-refractivity contribution in [1.82, 2.24) is 10.2 Å².